The Hall–Kier alpha value is -1.38. The largest absolute Gasteiger partial charge is 0.394 e. The highest BCUT2D eigenvalue weighted by atomic mass is 35.5. The summed E-state index contributed by atoms with van der Waals surface area (Å²) in [4.78, 5) is 0. The maximum atomic E-state index is 13.6. The normalized spacial score (nSPS) is 11.5. The van der Waals surface area contributed by atoms with Gasteiger partial charge in [-0.05, 0) is 23.6 Å². The van der Waals surface area contributed by atoms with E-state index in [1.54, 1.807) is 0 Å². The third kappa shape index (κ3) is 2.65. The molecule has 2 aromatic rings. The van der Waals surface area contributed by atoms with E-state index < -0.39 is 33.0 Å². The van der Waals surface area contributed by atoms with E-state index in [0.717, 1.165) is 23.5 Å². The van der Waals surface area contributed by atoms with Crippen LogP contribution in [0.4, 0.5) is 20.2 Å². The van der Waals surface area contributed by atoms with Gasteiger partial charge in [-0.15, -0.1) is 11.3 Å². The molecule has 0 radical (unpaired) electrons. The van der Waals surface area contributed by atoms with Crippen molar-refractivity contribution in [3.05, 3.63) is 40.2 Å². The Morgan fingerprint density at radius 2 is 1.95 bits per heavy atom. The molecule has 9 heteroatoms. The van der Waals surface area contributed by atoms with Crippen LogP contribution < -0.4 is 10.5 Å². The standard InChI is InChI=1S/C10H7ClF2N2O2S2/c11-5-3-4-18-10(5)19(16,17)15-7-2-1-6(12)9(14)8(7)13/h1-4,15H,14H2. The van der Waals surface area contributed by atoms with Gasteiger partial charge in [0.15, 0.2) is 10.0 Å². The molecule has 3 N–H and O–H groups in total. The van der Waals surface area contributed by atoms with Gasteiger partial charge >= 0.3 is 0 Å². The van der Waals surface area contributed by atoms with Gasteiger partial charge in [-0.1, -0.05) is 11.6 Å². The fraction of sp³-hybridized carbons (Fsp3) is 0. The van der Waals surface area contributed by atoms with Crippen LogP contribution in [0.15, 0.2) is 27.8 Å². The number of halogens is 3. The molecule has 102 valence electrons. The Bertz CT molecular complexity index is 731. The van der Waals surface area contributed by atoms with E-state index in [0.29, 0.717) is 0 Å². The lowest BCUT2D eigenvalue weighted by Crippen LogP contribution is -2.14. The van der Waals surface area contributed by atoms with E-state index in [2.05, 4.69) is 0 Å². The Morgan fingerprint density at radius 1 is 1.26 bits per heavy atom. The van der Waals surface area contributed by atoms with Crippen LogP contribution in [0.1, 0.15) is 0 Å². The van der Waals surface area contributed by atoms with Crippen LogP contribution >= 0.6 is 22.9 Å². The zero-order valence-electron chi connectivity index (χ0n) is 9.15. The summed E-state index contributed by atoms with van der Waals surface area (Å²) in [6.45, 7) is 0. The van der Waals surface area contributed by atoms with Gasteiger partial charge in [-0.25, -0.2) is 17.2 Å². The second-order valence-electron chi connectivity index (χ2n) is 3.48. The van der Waals surface area contributed by atoms with Crippen molar-refractivity contribution in [2.45, 2.75) is 4.21 Å². The van der Waals surface area contributed by atoms with Gasteiger partial charge < -0.3 is 5.73 Å². The molecular weight excluding hydrogens is 318 g/mol. The number of nitrogen functional groups attached to an aromatic ring is 1. The van der Waals surface area contributed by atoms with E-state index in [4.69, 9.17) is 17.3 Å². The molecule has 0 saturated carbocycles. The van der Waals surface area contributed by atoms with Crippen molar-refractivity contribution in [1.29, 1.82) is 0 Å². The fourth-order valence-corrected chi connectivity index (χ4v) is 4.06. The van der Waals surface area contributed by atoms with Crippen molar-refractivity contribution in [3.63, 3.8) is 0 Å². The average Bonchev–Trinajstić information content (AvgIpc) is 2.77. The number of benzene rings is 1. The zero-order chi connectivity index (χ0) is 14.2. The first-order chi connectivity index (χ1) is 8.83. The molecular formula is C10H7ClF2N2O2S2. The van der Waals surface area contributed by atoms with Crippen molar-refractivity contribution in [1.82, 2.24) is 0 Å². The minimum absolute atomic E-state index is 0.0213. The van der Waals surface area contributed by atoms with Crippen molar-refractivity contribution < 1.29 is 17.2 Å². The summed E-state index contributed by atoms with van der Waals surface area (Å²) in [5.74, 6) is -2.13. The molecule has 0 aliphatic heterocycles. The highest BCUT2D eigenvalue weighted by molar-refractivity contribution is 7.94. The molecule has 1 aromatic carbocycles. The summed E-state index contributed by atoms with van der Waals surface area (Å²) in [7, 11) is -4.03. The van der Waals surface area contributed by atoms with Gasteiger partial charge in [0.2, 0.25) is 0 Å². The molecule has 0 atom stereocenters. The predicted molar refractivity (Wildman–Crippen MR) is 70.9 cm³/mol. The van der Waals surface area contributed by atoms with Gasteiger partial charge in [-0.2, -0.15) is 0 Å². The first-order valence-corrected chi connectivity index (χ1v) is 7.56. The molecule has 0 unspecified atom stereocenters. The van der Waals surface area contributed by atoms with Crippen LogP contribution in [0.25, 0.3) is 0 Å². The van der Waals surface area contributed by atoms with Gasteiger partial charge in [-0.3, -0.25) is 4.72 Å². The van der Waals surface area contributed by atoms with E-state index in [9.17, 15) is 17.2 Å². The topological polar surface area (TPSA) is 72.2 Å². The lowest BCUT2D eigenvalue weighted by Gasteiger charge is -2.09. The highest BCUT2D eigenvalue weighted by Crippen LogP contribution is 2.30. The number of nitrogens with two attached hydrogens (primary N) is 1. The Labute approximate surface area is 116 Å². The highest BCUT2D eigenvalue weighted by Gasteiger charge is 2.22. The zero-order valence-corrected chi connectivity index (χ0v) is 11.5. The number of hydrogen-bond donors (Lipinski definition) is 2. The van der Waals surface area contributed by atoms with Crippen LogP contribution in [-0.4, -0.2) is 8.42 Å². The Kier molecular flexibility index (Phi) is 3.66. The third-order valence-corrected chi connectivity index (χ3v) is 5.59. The van der Waals surface area contributed by atoms with Gasteiger partial charge in [0.1, 0.15) is 11.5 Å². The number of nitrogens with one attached hydrogen (secondary N) is 1. The van der Waals surface area contributed by atoms with E-state index >= 15 is 0 Å². The SMILES string of the molecule is Nc1c(F)ccc(NS(=O)(=O)c2sccc2Cl)c1F. The average molecular weight is 325 g/mol. The monoisotopic (exact) mass is 324 g/mol. The van der Waals surface area contributed by atoms with Crippen molar-refractivity contribution in [2.24, 2.45) is 0 Å². The minimum atomic E-state index is -4.03. The summed E-state index contributed by atoms with van der Waals surface area (Å²) in [6.07, 6.45) is 0. The summed E-state index contributed by atoms with van der Waals surface area (Å²) in [6, 6.07) is 3.21. The molecule has 0 fully saturated rings. The van der Waals surface area contributed by atoms with Crippen LogP contribution in [-0.2, 0) is 10.0 Å². The molecule has 0 amide bonds. The minimum Gasteiger partial charge on any atom is -0.394 e. The lowest BCUT2D eigenvalue weighted by molar-refractivity contribution is 0.590. The van der Waals surface area contributed by atoms with Crippen molar-refractivity contribution >= 4 is 44.3 Å². The number of hydrogen-bond acceptors (Lipinski definition) is 4. The molecule has 4 nitrogen and oxygen atoms in total. The first-order valence-electron chi connectivity index (χ1n) is 4.82. The Balaban J connectivity index is 2.42. The molecule has 19 heavy (non-hydrogen) atoms. The molecule has 0 bridgehead atoms. The summed E-state index contributed by atoms with van der Waals surface area (Å²) in [5.41, 5.74) is 3.95. The lowest BCUT2D eigenvalue weighted by atomic mass is 10.2. The van der Waals surface area contributed by atoms with E-state index in [1.807, 2.05) is 4.72 Å². The van der Waals surface area contributed by atoms with Gasteiger partial charge in [0.25, 0.3) is 10.0 Å². The molecule has 2 rings (SSSR count). The van der Waals surface area contributed by atoms with E-state index in [-0.39, 0.29) is 9.23 Å². The first kappa shape index (κ1) is 14.0. The van der Waals surface area contributed by atoms with Crippen LogP contribution in [0, 0.1) is 11.6 Å². The summed E-state index contributed by atoms with van der Waals surface area (Å²) >= 11 is 6.58. The Morgan fingerprint density at radius 3 is 2.53 bits per heavy atom. The molecule has 0 aliphatic carbocycles. The number of anilines is 2. The molecule has 0 saturated heterocycles. The van der Waals surface area contributed by atoms with Crippen molar-refractivity contribution in [2.75, 3.05) is 10.5 Å². The summed E-state index contributed by atoms with van der Waals surface area (Å²) < 4.78 is 52.3. The fourth-order valence-electron chi connectivity index (χ4n) is 1.31. The van der Waals surface area contributed by atoms with Gasteiger partial charge in [0.05, 0.1) is 10.7 Å². The van der Waals surface area contributed by atoms with Crippen LogP contribution in [0.5, 0.6) is 0 Å². The number of rotatable bonds is 3. The van der Waals surface area contributed by atoms with Crippen LogP contribution in [0.3, 0.4) is 0 Å². The number of sulfonamides is 1. The third-order valence-electron chi connectivity index (χ3n) is 2.20. The second kappa shape index (κ2) is 4.95. The predicted octanol–water partition coefficient (Wildman–Crippen LogP) is 3.06. The smallest absolute Gasteiger partial charge is 0.273 e. The quantitative estimate of drug-likeness (QED) is 0.852. The number of thiophene rings is 1. The molecule has 1 heterocycles. The summed E-state index contributed by atoms with van der Waals surface area (Å²) in [5, 5.41) is 1.50. The maximum Gasteiger partial charge on any atom is 0.273 e. The second-order valence-corrected chi connectivity index (χ2v) is 6.69. The molecule has 1 aromatic heterocycles. The maximum absolute atomic E-state index is 13.6. The van der Waals surface area contributed by atoms with Crippen molar-refractivity contribution in [3.8, 4) is 0 Å². The van der Waals surface area contributed by atoms with E-state index in [1.165, 1.54) is 11.4 Å². The molecule has 0 aliphatic rings. The molecule has 0 spiro atoms. The van der Waals surface area contributed by atoms with Crippen LogP contribution in [0.2, 0.25) is 5.02 Å². The van der Waals surface area contributed by atoms with Gasteiger partial charge in [0, 0.05) is 0 Å².